The zero-order chi connectivity index (χ0) is 16.5. The van der Waals surface area contributed by atoms with Crippen molar-refractivity contribution in [1.82, 2.24) is 25.0 Å². The molecular weight excluding hydrogens is 415 g/mol. The Balaban J connectivity index is 0.00000288. The molecule has 0 radical (unpaired) electrons. The summed E-state index contributed by atoms with van der Waals surface area (Å²) in [7, 11) is 4.03. The molecule has 1 aromatic rings. The molecule has 6 nitrogen and oxygen atoms in total. The van der Waals surface area contributed by atoms with E-state index in [2.05, 4.69) is 56.4 Å². The average molecular weight is 448 g/mol. The lowest BCUT2D eigenvalue weighted by Gasteiger charge is -2.34. The summed E-state index contributed by atoms with van der Waals surface area (Å²) in [6.07, 6.45) is 4.16. The Hall–Kier alpha value is -0.800. The number of hydrogen-bond donors (Lipinski definition) is 2. The Morgan fingerprint density at radius 2 is 1.79 bits per heavy atom. The van der Waals surface area contributed by atoms with Gasteiger partial charge in [0.15, 0.2) is 5.96 Å². The quantitative estimate of drug-likeness (QED) is 0.374. The third kappa shape index (κ3) is 7.85. The summed E-state index contributed by atoms with van der Waals surface area (Å²) in [5, 5.41) is 6.81. The molecule has 0 aromatic carbocycles. The van der Waals surface area contributed by atoms with Crippen molar-refractivity contribution in [2.45, 2.75) is 13.5 Å². The summed E-state index contributed by atoms with van der Waals surface area (Å²) in [4.78, 5) is 9.26. The Morgan fingerprint density at radius 3 is 2.42 bits per heavy atom. The van der Waals surface area contributed by atoms with Crippen LogP contribution in [0, 0.1) is 5.92 Å². The average Bonchev–Trinajstić information content (AvgIpc) is 3.06. The van der Waals surface area contributed by atoms with Crippen LogP contribution < -0.4 is 10.6 Å². The maximum Gasteiger partial charge on any atom is 0.191 e. The van der Waals surface area contributed by atoms with Crippen LogP contribution >= 0.6 is 24.0 Å². The predicted molar refractivity (Wildman–Crippen MR) is 112 cm³/mol. The van der Waals surface area contributed by atoms with E-state index in [1.807, 2.05) is 19.2 Å². The van der Waals surface area contributed by atoms with Crippen molar-refractivity contribution in [3.63, 3.8) is 0 Å². The van der Waals surface area contributed by atoms with Crippen LogP contribution in [0.3, 0.4) is 0 Å². The highest BCUT2D eigenvalue weighted by atomic mass is 127. The second kappa shape index (κ2) is 11.7. The van der Waals surface area contributed by atoms with E-state index in [1.165, 1.54) is 26.2 Å². The van der Waals surface area contributed by atoms with Crippen LogP contribution in [0.25, 0.3) is 0 Å². The number of piperazine rings is 1. The first-order valence-corrected chi connectivity index (χ1v) is 8.63. The van der Waals surface area contributed by atoms with Crippen molar-refractivity contribution >= 4 is 29.9 Å². The summed E-state index contributed by atoms with van der Waals surface area (Å²) < 4.78 is 2.16. The number of likely N-dealkylation sites (N-methyl/N-ethyl adjacent to an activating group) is 1. The number of nitrogens with zero attached hydrogens (tertiary/aromatic N) is 4. The molecule has 1 aromatic heterocycles. The van der Waals surface area contributed by atoms with Gasteiger partial charge in [-0.3, -0.25) is 4.99 Å². The van der Waals surface area contributed by atoms with Crippen LogP contribution in [0.5, 0.6) is 0 Å². The first-order chi connectivity index (χ1) is 11.2. The molecule has 24 heavy (non-hydrogen) atoms. The maximum atomic E-state index is 4.30. The van der Waals surface area contributed by atoms with Gasteiger partial charge in [-0.05, 0) is 25.1 Å². The Labute approximate surface area is 163 Å². The van der Waals surface area contributed by atoms with E-state index in [0.717, 1.165) is 32.1 Å². The van der Waals surface area contributed by atoms with Gasteiger partial charge in [0, 0.05) is 71.8 Å². The summed E-state index contributed by atoms with van der Waals surface area (Å²) in [6.45, 7) is 11.0. The molecule has 1 aliphatic rings. The van der Waals surface area contributed by atoms with Gasteiger partial charge in [-0.2, -0.15) is 0 Å². The molecule has 0 spiro atoms. The van der Waals surface area contributed by atoms with Crippen molar-refractivity contribution in [3.8, 4) is 0 Å². The molecule has 0 saturated carbocycles. The van der Waals surface area contributed by atoms with Gasteiger partial charge in [0.05, 0.1) is 0 Å². The highest BCUT2D eigenvalue weighted by Gasteiger charge is 2.16. The van der Waals surface area contributed by atoms with Crippen molar-refractivity contribution in [2.75, 3.05) is 59.9 Å². The van der Waals surface area contributed by atoms with E-state index in [1.54, 1.807) is 0 Å². The molecule has 2 N–H and O–H groups in total. The van der Waals surface area contributed by atoms with Gasteiger partial charge in [-0.15, -0.1) is 24.0 Å². The zero-order valence-corrected chi connectivity index (χ0v) is 17.6. The Kier molecular flexibility index (Phi) is 10.4. The third-order valence-electron chi connectivity index (χ3n) is 4.34. The molecule has 2 heterocycles. The predicted octanol–water partition coefficient (Wildman–Crippen LogP) is 1.15. The lowest BCUT2D eigenvalue weighted by molar-refractivity contribution is 0.139. The minimum atomic E-state index is 0. The number of guanidine groups is 1. The molecule has 1 fully saturated rings. The highest BCUT2D eigenvalue weighted by Crippen LogP contribution is 2.03. The molecule has 0 aliphatic carbocycles. The molecule has 7 heteroatoms. The summed E-state index contributed by atoms with van der Waals surface area (Å²) >= 11 is 0. The maximum absolute atomic E-state index is 4.30. The van der Waals surface area contributed by atoms with E-state index < -0.39 is 0 Å². The molecule has 1 aliphatic heterocycles. The van der Waals surface area contributed by atoms with E-state index in [9.17, 15) is 0 Å². The first kappa shape index (κ1) is 21.2. The van der Waals surface area contributed by atoms with Gasteiger partial charge in [-0.25, -0.2) is 0 Å². The number of aliphatic imine (C=N–C) groups is 1. The lowest BCUT2D eigenvalue weighted by Crippen LogP contribution is -2.47. The molecular formula is C17H33IN6. The number of rotatable bonds is 7. The van der Waals surface area contributed by atoms with Crippen LogP contribution in [0.2, 0.25) is 0 Å². The molecule has 2 rings (SSSR count). The molecule has 0 amide bonds. The summed E-state index contributed by atoms with van der Waals surface area (Å²) in [5.41, 5.74) is 0. The fraction of sp³-hybridized carbons (Fsp3) is 0.706. The third-order valence-corrected chi connectivity index (χ3v) is 4.34. The van der Waals surface area contributed by atoms with Crippen LogP contribution in [-0.4, -0.2) is 80.2 Å². The minimum Gasteiger partial charge on any atom is -0.356 e. The van der Waals surface area contributed by atoms with Crippen LogP contribution in [-0.2, 0) is 6.54 Å². The summed E-state index contributed by atoms with van der Waals surface area (Å²) in [6, 6.07) is 4.10. The highest BCUT2D eigenvalue weighted by molar-refractivity contribution is 14.0. The van der Waals surface area contributed by atoms with E-state index in [-0.39, 0.29) is 24.0 Å². The van der Waals surface area contributed by atoms with Crippen molar-refractivity contribution in [1.29, 1.82) is 0 Å². The second-order valence-electron chi connectivity index (χ2n) is 6.51. The Bertz CT molecular complexity index is 454. The molecule has 1 unspecified atom stereocenters. The van der Waals surface area contributed by atoms with Gasteiger partial charge in [0.25, 0.3) is 0 Å². The smallest absolute Gasteiger partial charge is 0.191 e. The summed E-state index contributed by atoms with van der Waals surface area (Å²) in [5.74, 6) is 1.50. The van der Waals surface area contributed by atoms with Crippen LogP contribution in [0.4, 0.5) is 0 Å². The van der Waals surface area contributed by atoms with E-state index in [4.69, 9.17) is 0 Å². The van der Waals surface area contributed by atoms with Gasteiger partial charge in [-0.1, -0.05) is 6.92 Å². The lowest BCUT2D eigenvalue weighted by atomic mass is 10.1. The standard InChI is InChI=1S/C17H32N6.HI/c1-16(15-23-12-10-21(3)11-13-23)14-20-17(18-2)19-6-9-22-7-4-5-8-22;/h4-5,7-8,16H,6,9-15H2,1-3H3,(H2,18,19,20);1H. The molecule has 138 valence electrons. The monoisotopic (exact) mass is 448 g/mol. The van der Waals surface area contributed by atoms with Gasteiger partial charge in [0.2, 0.25) is 0 Å². The fourth-order valence-electron chi connectivity index (χ4n) is 2.85. The number of hydrogen-bond acceptors (Lipinski definition) is 3. The topological polar surface area (TPSA) is 47.8 Å². The van der Waals surface area contributed by atoms with E-state index >= 15 is 0 Å². The Morgan fingerprint density at radius 1 is 1.12 bits per heavy atom. The number of aromatic nitrogens is 1. The minimum absolute atomic E-state index is 0. The number of nitrogens with one attached hydrogen (secondary N) is 2. The molecule has 0 bridgehead atoms. The largest absolute Gasteiger partial charge is 0.356 e. The van der Waals surface area contributed by atoms with Crippen molar-refractivity contribution < 1.29 is 0 Å². The fourth-order valence-corrected chi connectivity index (χ4v) is 2.85. The van der Waals surface area contributed by atoms with Gasteiger partial charge < -0.3 is 25.0 Å². The van der Waals surface area contributed by atoms with Gasteiger partial charge >= 0.3 is 0 Å². The van der Waals surface area contributed by atoms with E-state index in [0.29, 0.717) is 5.92 Å². The molecule has 1 saturated heterocycles. The normalized spacial score (nSPS) is 18.0. The second-order valence-corrected chi connectivity index (χ2v) is 6.51. The van der Waals surface area contributed by atoms with Crippen molar-refractivity contribution in [2.24, 2.45) is 10.9 Å². The SMILES string of the molecule is CN=C(NCCn1cccc1)NCC(C)CN1CCN(C)CC1.I. The van der Waals surface area contributed by atoms with Crippen molar-refractivity contribution in [3.05, 3.63) is 24.5 Å². The first-order valence-electron chi connectivity index (χ1n) is 8.63. The van der Waals surface area contributed by atoms with Gasteiger partial charge in [0.1, 0.15) is 0 Å². The number of halogens is 1. The zero-order valence-electron chi connectivity index (χ0n) is 15.2. The van der Waals surface area contributed by atoms with Crippen LogP contribution in [0.15, 0.2) is 29.5 Å². The molecule has 1 atom stereocenters. The van der Waals surface area contributed by atoms with Crippen LogP contribution in [0.1, 0.15) is 6.92 Å².